The zero-order valence-corrected chi connectivity index (χ0v) is 17.7. The topological polar surface area (TPSA) is 68.2 Å². The van der Waals surface area contributed by atoms with Crippen LogP contribution in [0.15, 0.2) is 61.3 Å². The predicted molar refractivity (Wildman–Crippen MR) is 118 cm³/mol. The van der Waals surface area contributed by atoms with Gasteiger partial charge in [0.05, 0.1) is 18.2 Å². The van der Waals surface area contributed by atoms with Gasteiger partial charge < -0.3 is 9.64 Å². The third-order valence-corrected chi connectivity index (χ3v) is 6.63. The van der Waals surface area contributed by atoms with Crippen LogP contribution < -0.4 is 4.74 Å². The molecule has 1 aromatic carbocycles. The molecule has 31 heavy (non-hydrogen) atoms. The third kappa shape index (κ3) is 3.67. The minimum absolute atomic E-state index is 0.204. The van der Waals surface area contributed by atoms with Gasteiger partial charge in [0.2, 0.25) is 5.91 Å². The lowest BCUT2D eigenvalue weighted by Crippen LogP contribution is -2.44. The number of nitrogens with zero attached hydrogens (tertiary/aromatic N) is 4. The SMILES string of the molecule is COc1ccc(C2(C(=O)N3CCC[C@@H](c4ncncc4-c4ccncc4)C3)CC2)cc1. The van der Waals surface area contributed by atoms with Gasteiger partial charge in [0.1, 0.15) is 12.1 Å². The summed E-state index contributed by atoms with van der Waals surface area (Å²) in [6.45, 7) is 1.51. The zero-order chi connectivity index (χ0) is 21.3. The molecule has 5 rings (SSSR count). The highest BCUT2D eigenvalue weighted by Gasteiger charge is 2.53. The van der Waals surface area contributed by atoms with Gasteiger partial charge in [-0.3, -0.25) is 9.78 Å². The van der Waals surface area contributed by atoms with Crippen LogP contribution in [0.25, 0.3) is 11.1 Å². The van der Waals surface area contributed by atoms with Crippen molar-refractivity contribution in [3.05, 3.63) is 72.6 Å². The first-order valence-electron chi connectivity index (χ1n) is 10.9. The maximum atomic E-state index is 13.6. The Labute approximate surface area is 182 Å². The van der Waals surface area contributed by atoms with Gasteiger partial charge in [-0.25, -0.2) is 9.97 Å². The van der Waals surface area contributed by atoms with Crippen LogP contribution >= 0.6 is 0 Å². The first-order chi connectivity index (χ1) is 15.2. The molecule has 0 radical (unpaired) electrons. The largest absolute Gasteiger partial charge is 0.497 e. The molecule has 2 aromatic heterocycles. The third-order valence-electron chi connectivity index (χ3n) is 6.63. The van der Waals surface area contributed by atoms with E-state index < -0.39 is 0 Å². The van der Waals surface area contributed by atoms with Crippen LogP contribution in [0, 0.1) is 0 Å². The zero-order valence-electron chi connectivity index (χ0n) is 17.7. The second-order valence-electron chi connectivity index (χ2n) is 8.46. The molecule has 1 saturated heterocycles. The highest BCUT2D eigenvalue weighted by molar-refractivity contribution is 5.91. The van der Waals surface area contributed by atoms with Crippen molar-refractivity contribution in [2.24, 2.45) is 0 Å². The number of amides is 1. The lowest BCUT2D eigenvalue weighted by molar-refractivity contribution is -0.135. The molecule has 0 N–H and O–H groups in total. The van der Waals surface area contributed by atoms with Gasteiger partial charge in [0, 0.05) is 43.2 Å². The average molecular weight is 415 g/mol. The van der Waals surface area contributed by atoms with Crippen LogP contribution in [0.2, 0.25) is 0 Å². The minimum atomic E-state index is -0.367. The number of rotatable bonds is 5. The summed E-state index contributed by atoms with van der Waals surface area (Å²) in [7, 11) is 1.66. The normalized spacial score (nSPS) is 19.6. The van der Waals surface area contributed by atoms with E-state index in [0.717, 1.165) is 60.4 Å². The monoisotopic (exact) mass is 414 g/mol. The van der Waals surface area contributed by atoms with Crippen molar-refractivity contribution in [1.29, 1.82) is 0 Å². The van der Waals surface area contributed by atoms with E-state index >= 15 is 0 Å². The fourth-order valence-corrected chi connectivity index (χ4v) is 4.77. The van der Waals surface area contributed by atoms with E-state index in [2.05, 4.69) is 19.9 Å². The molecule has 0 spiro atoms. The van der Waals surface area contributed by atoms with Crippen molar-refractivity contribution in [2.75, 3.05) is 20.2 Å². The Balaban J connectivity index is 1.38. The molecule has 6 heteroatoms. The molecule has 0 bridgehead atoms. The van der Waals surface area contributed by atoms with E-state index in [1.54, 1.807) is 25.8 Å². The molecule has 2 aliphatic rings. The molecule has 158 valence electrons. The van der Waals surface area contributed by atoms with Crippen LogP contribution in [0.4, 0.5) is 0 Å². The Hall–Kier alpha value is -3.28. The number of hydrogen-bond donors (Lipinski definition) is 0. The number of benzene rings is 1. The van der Waals surface area contributed by atoms with Gasteiger partial charge in [-0.15, -0.1) is 0 Å². The van der Waals surface area contributed by atoms with Gasteiger partial charge in [0.15, 0.2) is 0 Å². The Kier molecular flexibility index (Phi) is 5.14. The minimum Gasteiger partial charge on any atom is -0.497 e. The maximum absolute atomic E-state index is 13.6. The van der Waals surface area contributed by atoms with Gasteiger partial charge in [-0.05, 0) is 61.1 Å². The molecule has 1 amide bonds. The standard InChI is InChI=1S/C25H26N4O2/c1-31-21-6-4-20(5-7-21)25(10-11-25)24(30)29-14-2-3-19(16-29)23-22(15-27-17-28-23)18-8-12-26-13-9-18/h4-9,12-13,15,17,19H,2-3,10-11,14,16H2,1H3/t19-/m1/s1. The predicted octanol–water partition coefficient (Wildman–Crippen LogP) is 3.99. The molecular formula is C25H26N4O2. The summed E-state index contributed by atoms with van der Waals surface area (Å²) in [5.41, 5.74) is 3.84. The fourth-order valence-electron chi connectivity index (χ4n) is 4.77. The molecule has 1 saturated carbocycles. The van der Waals surface area contributed by atoms with Crippen LogP contribution in [0.1, 0.15) is 42.9 Å². The highest BCUT2D eigenvalue weighted by atomic mass is 16.5. The second-order valence-corrected chi connectivity index (χ2v) is 8.46. The number of hydrogen-bond acceptors (Lipinski definition) is 5. The molecule has 3 heterocycles. The van der Waals surface area contributed by atoms with Crippen molar-refractivity contribution in [3.63, 3.8) is 0 Å². The molecule has 6 nitrogen and oxygen atoms in total. The van der Waals surface area contributed by atoms with Crippen molar-refractivity contribution < 1.29 is 9.53 Å². The van der Waals surface area contributed by atoms with E-state index in [9.17, 15) is 4.79 Å². The molecule has 1 aliphatic carbocycles. The summed E-state index contributed by atoms with van der Waals surface area (Å²) in [5.74, 6) is 1.27. The summed E-state index contributed by atoms with van der Waals surface area (Å²) in [6, 6.07) is 11.9. The van der Waals surface area contributed by atoms with Gasteiger partial charge in [0.25, 0.3) is 0 Å². The van der Waals surface area contributed by atoms with Crippen molar-refractivity contribution in [2.45, 2.75) is 37.0 Å². The lowest BCUT2D eigenvalue weighted by atomic mass is 9.88. The average Bonchev–Trinajstić information content (AvgIpc) is 3.66. The van der Waals surface area contributed by atoms with E-state index in [1.807, 2.05) is 42.6 Å². The Morgan fingerprint density at radius 2 is 1.87 bits per heavy atom. The first-order valence-corrected chi connectivity index (χ1v) is 10.9. The molecule has 1 aliphatic heterocycles. The number of pyridine rings is 1. The Bertz CT molecular complexity index is 1060. The van der Waals surface area contributed by atoms with Gasteiger partial charge in [-0.1, -0.05) is 12.1 Å². The maximum Gasteiger partial charge on any atom is 0.233 e. The number of aromatic nitrogens is 3. The van der Waals surface area contributed by atoms with Crippen molar-refractivity contribution in [1.82, 2.24) is 19.9 Å². The van der Waals surface area contributed by atoms with E-state index in [1.165, 1.54) is 0 Å². The lowest BCUT2D eigenvalue weighted by Gasteiger charge is -2.35. The first kappa shape index (κ1) is 19.7. The number of likely N-dealkylation sites (tertiary alicyclic amines) is 1. The number of carbonyl (C=O) groups is 1. The number of ether oxygens (including phenoxy) is 1. The van der Waals surface area contributed by atoms with Crippen LogP contribution in [-0.2, 0) is 10.2 Å². The van der Waals surface area contributed by atoms with Crippen LogP contribution in [0.5, 0.6) is 5.75 Å². The number of piperidine rings is 1. The quantitative estimate of drug-likeness (QED) is 0.632. The molecule has 0 unspecified atom stereocenters. The van der Waals surface area contributed by atoms with Gasteiger partial charge in [-0.2, -0.15) is 0 Å². The van der Waals surface area contributed by atoms with Gasteiger partial charge >= 0.3 is 0 Å². The highest BCUT2D eigenvalue weighted by Crippen LogP contribution is 2.50. The van der Waals surface area contributed by atoms with E-state index in [4.69, 9.17) is 4.74 Å². The Morgan fingerprint density at radius 3 is 2.58 bits per heavy atom. The van der Waals surface area contributed by atoms with E-state index in [0.29, 0.717) is 6.54 Å². The number of methoxy groups -OCH3 is 1. The summed E-state index contributed by atoms with van der Waals surface area (Å²) in [5, 5.41) is 0. The van der Waals surface area contributed by atoms with E-state index in [-0.39, 0.29) is 17.2 Å². The molecule has 2 fully saturated rings. The Morgan fingerprint density at radius 1 is 1.10 bits per heavy atom. The number of carbonyl (C=O) groups excluding carboxylic acids is 1. The van der Waals surface area contributed by atoms with Crippen molar-refractivity contribution in [3.8, 4) is 16.9 Å². The second kappa shape index (κ2) is 8.10. The van der Waals surface area contributed by atoms with Crippen LogP contribution in [0.3, 0.4) is 0 Å². The van der Waals surface area contributed by atoms with Crippen molar-refractivity contribution >= 4 is 5.91 Å². The molecule has 3 aromatic rings. The molecular weight excluding hydrogens is 388 g/mol. The summed E-state index contributed by atoms with van der Waals surface area (Å²) in [6.07, 6.45) is 10.9. The fraction of sp³-hybridized carbons (Fsp3) is 0.360. The smallest absolute Gasteiger partial charge is 0.233 e. The summed E-state index contributed by atoms with van der Waals surface area (Å²) >= 11 is 0. The van der Waals surface area contributed by atoms with Crippen LogP contribution in [-0.4, -0.2) is 46.0 Å². The summed E-state index contributed by atoms with van der Waals surface area (Å²) in [4.78, 5) is 28.7. The molecule has 1 atom stereocenters. The summed E-state index contributed by atoms with van der Waals surface area (Å²) < 4.78 is 5.28.